The molecule has 0 radical (unpaired) electrons. The monoisotopic (exact) mass is 244 g/mol. The first-order valence-electron chi connectivity index (χ1n) is 4.68. The summed E-state index contributed by atoms with van der Waals surface area (Å²) in [7, 11) is 0. The lowest BCUT2D eigenvalue weighted by molar-refractivity contribution is 0.104. The molecule has 0 atom stereocenters. The van der Waals surface area contributed by atoms with Crippen LogP contribution in [0.2, 0.25) is 0 Å². The van der Waals surface area contributed by atoms with E-state index in [2.05, 4.69) is 0 Å². The van der Waals surface area contributed by atoms with E-state index >= 15 is 0 Å². The van der Waals surface area contributed by atoms with E-state index in [1.807, 2.05) is 0 Å². The fourth-order valence-electron chi connectivity index (χ4n) is 1.76. The minimum Gasteiger partial charge on any atom is -0.288 e. The maximum absolute atomic E-state index is 13.4. The zero-order valence-corrected chi connectivity index (χ0v) is 9.56. The molecule has 0 N–H and O–H groups in total. The molecule has 3 nitrogen and oxygen atoms in total. The predicted octanol–water partition coefficient (Wildman–Crippen LogP) is 2.83. The fraction of sp³-hybridized carbons (Fsp3) is 0.0833. The van der Waals surface area contributed by atoms with Crippen molar-refractivity contribution >= 4 is 22.7 Å². The topological polar surface area (TPSA) is 64.7 Å². The molecule has 0 amide bonds. The third-order valence-electron chi connectivity index (χ3n) is 2.48. The van der Waals surface area contributed by atoms with Gasteiger partial charge in [-0.3, -0.25) is 4.79 Å². The lowest BCUT2D eigenvalue weighted by Gasteiger charge is -1.98. The molecular weight excluding hydrogens is 239 g/mol. The van der Waals surface area contributed by atoms with Gasteiger partial charge in [0.15, 0.2) is 5.78 Å². The average molecular weight is 244 g/mol. The number of allylic oxidation sites excluding steroid dienone is 4. The van der Waals surface area contributed by atoms with Gasteiger partial charge >= 0.3 is 0 Å². The Bertz CT molecular complexity index is 652. The third-order valence-corrected chi connectivity index (χ3v) is 3.45. The van der Waals surface area contributed by atoms with Gasteiger partial charge in [-0.1, -0.05) is 6.08 Å². The summed E-state index contributed by atoms with van der Waals surface area (Å²) in [5, 5.41) is 18.9. The molecule has 82 valence electrons. The van der Waals surface area contributed by atoms with E-state index in [0.29, 0.717) is 4.88 Å². The number of carbonyl (C=O) groups excluding carboxylic acids is 1. The van der Waals surface area contributed by atoms with Gasteiger partial charge in [-0.25, -0.2) is 4.39 Å². The van der Waals surface area contributed by atoms with Crippen molar-refractivity contribution in [2.45, 2.75) is 6.92 Å². The van der Waals surface area contributed by atoms with Crippen LogP contribution in [0.3, 0.4) is 0 Å². The Labute approximate surface area is 101 Å². The van der Waals surface area contributed by atoms with Crippen LogP contribution < -0.4 is 0 Å². The highest BCUT2D eigenvalue weighted by Crippen LogP contribution is 2.43. The number of hydrogen-bond donors (Lipinski definition) is 0. The average Bonchev–Trinajstić information content (AvgIpc) is 2.82. The molecule has 1 heterocycles. The number of halogens is 1. The summed E-state index contributed by atoms with van der Waals surface area (Å²) < 4.78 is 13.4. The van der Waals surface area contributed by atoms with Crippen LogP contribution in [0.5, 0.6) is 0 Å². The van der Waals surface area contributed by atoms with Crippen LogP contribution in [0.25, 0.3) is 5.57 Å². The molecule has 1 aliphatic carbocycles. The SMILES string of the molecule is CC=C1C(=O)c2c(F)csc2C1=C(C#N)C#N. The van der Waals surface area contributed by atoms with E-state index < -0.39 is 11.6 Å². The van der Waals surface area contributed by atoms with Gasteiger partial charge in [0.2, 0.25) is 0 Å². The minimum atomic E-state index is -0.598. The van der Waals surface area contributed by atoms with E-state index in [9.17, 15) is 9.18 Å². The van der Waals surface area contributed by atoms with Crippen molar-refractivity contribution in [3.05, 3.63) is 38.9 Å². The number of rotatable bonds is 0. The van der Waals surface area contributed by atoms with Gasteiger partial charge in [-0.15, -0.1) is 11.3 Å². The molecule has 2 rings (SSSR count). The first-order chi connectivity index (χ1) is 8.15. The van der Waals surface area contributed by atoms with Gasteiger partial charge in [-0.2, -0.15) is 10.5 Å². The summed E-state index contributed by atoms with van der Waals surface area (Å²) in [6.45, 7) is 1.62. The molecule has 0 unspecified atom stereocenters. The number of fused-ring (bicyclic) bond motifs is 1. The molecule has 1 aliphatic rings. The van der Waals surface area contributed by atoms with Crippen LogP contribution in [-0.2, 0) is 0 Å². The zero-order chi connectivity index (χ0) is 12.6. The molecule has 1 aromatic heterocycles. The van der Waals surface area contributed by atoms with Gasteiger partial charge < -0.3 is 0 Å². The van der Waals surface area contributed by atoms with Crippen LogP contribution >= 0.6 is 11.3 Å². The van der Waals surface area contributed by atoms with Crippen LogP contribution in [0.15, 0.2) is 22.6 Å². The molecule has 0 aromatic carbocycles. The van der Waals surface area contributed by atoms with E-state index in [-0.39, 0.29) is 22.3 Å². The summed E-state index contributed by atoms with van der Waals surface area (Å²) in [5.41, 5.74) is 0.295. The lowest BCUT2D eigenvalue weighted by atomic mass is 10.0. The first-order valence-corrected chi connectivity index (χ1v) is 5.56. The predicted molar refractivity (Wildman–Crippen MR) is 60.5 cm³/mol. The van der Waals surface area contributed by atoms with Crippen molar-refractivity contribution in [3.8, 4) is 12.1 Å². The summed E-state index contributed by atoms with van der Waals surface area (Å²) >= 11 is 1.03. The largest absolute Gasteiger partial charge is 0.288 e. The molecule has 0 saturated heterocycles. The van der Waals surface area contributed by atoms with Gasteiger partial charge in [-0.05, 0) is 6.92 Å². The normalized spacial score (nSPS) is 15.6. The van der Waals surface area contributed by atoms with E-state index in [1.54, 1.807) is 19.1 Å². The van der Waals surface area contributed by atoms with Crippen molar-refractivity contribution in [3.63, 3.8) is 0 Å². The molecular formula is C12H5FN2OS. The number of ketones is 1. The number of nitriles is 2. The molecule has 0 spiro atoms. The summed E-state index contributed by atoms with van der Waals surface area (Å²) in [6.07, 6.45) is 1.50. The highest BCUT2D eigenvalue weighted by atomic mass is 32.1. The van der Waals surface area contributed by atoms with Crippen LogP contribution in [-0.4, -0.2) is 5.78 Å². The first kappa shape index (κ1) is 11.3. The highest BCUT2D eigenvalue weighted by Gasteiger charge is 2.36. The number of Topliss-reactive ketones (excluding diaryl/α,β-unsaturated/α-hetero) is 1. The smallest absolute Gasteiger partial charge is 0.197 e. The van der Waals surface area contributed by atoms with Gasteiger partial charge in [0.05, 0.1) is 10.4 Å². The molecule has 5 heteroatoms. The van der Waals surface area contributed by atoms with Gasteiger partial charge in [0.25, 0.3) is 0 Å². The quantitative estimate of drug-likeness (QED) is 0.520. The number of thiophene rings is 1. The Balaban J connectivity index is 2.87. The second kappa shape index (κ2) is 3.97. The Morgan fingerprint density at radius 2 is 2.12 bits per heavy atom. The third kappa shape index (κ3) is 1.41. The highest BCUT2D eigenvalue weighted by molar-refractivity contribution is 7.12. The number of carbonyl (C=O) groups is 1. The summed E-state index contributed by atoms with van der Waals surface area (Å²) in [6, 6.07) is 3.48. The molecule has 0 bridgehead atoms. The van der Waals surface area contributed by atoms with Crippen molar-refractivity contribution in [2.24, 2.45) is 0 Å². The maximum atomic E-state index is 13.4. The summed E-state index contributed by atoms with van der Waals surface area (Å²) in [4.78, 5) is 12.3. The molecule has 17 heavy (non-hydrogen) atoms. The van der Waals surface area contributed by atoms with Gasteiger partial charge in [0.1, 0.15) is 23.5 Å². The molecule has 0 fully saturated rings. The van der Waals surface area contributed by atoms with Crippen molar-refractivity contribution in [1.82, 2.24) is 0 Å². The Kier molecular flexibility index (Phi) is 2.63. The van der Waals surface area contributed by atoms with E-state index in [0.717, 1.165) is 11.3 Å². The van der Waals surface area contributed by atoms with Crippen LogP contribution in [0.1, 0.15) is 22.2 Å². The van der Waals surface area contributed by atoms with Crippen molar-refractivity contribution in [1.29, 1.82) is 10.5 Å². The number of nitrogens with zero attached hydrogens (tertiary/aromatic N) is 2. The Morgan fingerprint density at radius 1 is 1.47 bits per heavy atom. The Morgan fingerprint density at radius 3 is 2.65 bits per heavy atom. The standard InChI is InChI=1S/C12H5FN2OS/c1-2-7-9(6(3-14)4-15)12-10(11(7)16)8(13)5-17-12/h2,5H,1H3. The zero-order valence-electron chi connectivity index (χ0n) is 8.74. The van der Waals surface area contributed by atoms with E-state index in [1.165, 1.54) is 11.5 Å². The van der Waals surface area contributed by atoms with Crippen molar-refractivity contribution < 1.29 is 9.18 Å². The molecule has 0 aliphatic heterocycles. The maximum Gasteiger partial charge on any atom is 0.197 e. The Hall–Kier alpha value is -2.24. The fourth-order valence-corrected chi connectivity index (χ4v) is 2.74. The number of hydrogen-bond acceptors (Lipinski definition) is 4. The van der Waals surface area contributed by atoms with Crippen LogP contribution in [0.4, 0.5) is 4.39 Å². The summed E-state index contributed by atoms with van der Waals surface area (Å²) in [5.74, 6) is -1.06. The molecule has 1 aromatic rings. The van der Waals surface area contributed by atoms with Gasteiger partial charge in [0, 0.05) is 16.5 Å². The van der Waals surface area contributed by atoms with E-state index in [4.69, 9.17) is 10.5 Å². The van der Waals surface area contributed by atoms with Crippen molar-refractivity contribution in [2.75, 3.05) is 0 Å². The minimum absolute atomic E-state index is 0.0268. The molecule has 0 saturated carbocycles. The lowest BCUT2D eigenvalue weighted by Crippen LogP contribution is -1.97. The second-order valence-corrected chi connectivity index (χ2v) is 4.17. The second-order valence-electron chi connectivity index (χ2n) is 3.29. The van der Waals surface area contributed by atoms with Crippen LogP contribution in [0, 0.1) is 28.5 Å².